The first-order valence-electron chi connectivity index (χ1n) is 7.95. The summed E-state index contributed by atoms with van der Waals surface area (Å²) in [6, 6.07) is 11.7. The largest absolute Gasteiger partial charge is 0.360 e. The van der Waals surface area contributed by atoms with Gasteiger partial charge in [0.25, 0.3) is 0 Å². The summed E-state index contributed by atoms with van der Waals surface area (Å²) in [7, 11) is 0. The van der Waals surface area contributed by atoms with Crippen LogP contribution in [-0.4, -0.2) is 33.4 Å². The van der Waals surface area contributed by atoms with Crippen molar-refractivity contribution in [3.8, 4) is 0 Å². The standard InChI is InChI=1S/C17H15Cl2N5OS2/c18-12-8-13(19)15(21-9-12)22-14(25)10-26-17-24-23-16(27-17)20-7-6-11-4-2-1-3-5-11/h1-5,8-9H,6-7,10H2,(H,20,23)(H,21,22,25). The summed E-state index contributed by atoms with van der Waals surface area (Å²) in [4.78, 5) is 16.0. The molecule has 0 saturated heterocycles. The Hall–Kier alpha value is -1.87. The van der Waals surface area contributed by atoms with Gasteiger partial charge in [-0.2, -0.15) is 0 Å². The zero-order chi connectivity index (χ0) is 19.1. The first kappa shape index (κ1) is 19.9. The minimum Gasteiger partial charge on any atom is -0.360 e. The number of hydrogen-bond donors (Lipinski definition) is 2. The number of carbonyl (C=O) groups excluding carboxylic acids is 1. The Morgan fingerprint density at radius 3 is 2.78 bits per heavy atom. The van der Waals surface area contributed by atoms with Crippen LogP contribution in [0.2, 0.25) is 10.0 Å². The third-order valence-corrected chi connectivity index (χ3v) is 5.84. The molecule has 0 saturated carbocycles. The second-order valence-electron chi connectivity index (χ2n) is 5.36. The highest BCUT2D eigenvalue weighted by Crippen LogP contribution is 2.26. The van der Waals surface area contributed by atoms with E-state index in [2.05, 4.69) is 37.9 Å². The maximum atomic E-state index is 12.0. The summed E-state index contributed by atoms with van der Waals surface area (Å²) in [5, 5.41) is 15.5. The van der Waals surface area contributed by atoms with Crippen LogP contribution in [0.4, 0.5) is 10.9 Å². The first-order valence-corrected chi connectivity index (χ1v) is 10.5. The van der Waals surface area contributed by atoms with Crippen molar-refractivity contribution < 1.29 is 4.79 Å². The van der Waals surface area contributed by atoms with Crippen molar-refractivity contribution in [2.45, 2.75) is 10.8 Å². The van der Waals surface area contributed by atoms with E-state index in [0.717, 1.165) is 18.1 Å². The molecule has 0 aliphatic heterocycles. The lowest BCUT2D eigenvalue weighted by Gasteiger charge is -2.05. The van der Waals surface area contributed by atoms with Gasteiger partial charge in [-0.3, -0.25) is 4.79 Å². The minimum atomic E-state index is -0.231. The van der Waals surface area contributed by atoms with Crippen molar-refractivity contribution in [1.82, 2.24) is 15.2 Å². The Morgan fingerprint density at radius 1 is 1.19 bits per heavy atom. The van der Waals surface area contributed by atoms with Gasteiger partial charge in [0, 0.05) is 12.7 Å². The van der Waals surface area contributed by atoms with Crippen molar-refractivity contribution in [1.29, 1.82) is 0 Å². The van der Waals surface area contributed by atoms with Crippen LogP contribution in [0.15, 0.2) is 46.9 Å². The maximum absolute atomic E-state index is 12.0. The summed E-state index contributed by atoms with van der Waals surface area (Å²) in [5.41, 5.74) is 1.26. The van der Waals surface area contributed by atoms with Gasteiger partial charge >= 0.3 is 0 Å². The van der Waals surface area contributed by atoms with Crippen molar-refractivity contribution in [2.24, 2.45) is 0 Å². The molecule has 2 heterocycles. The molecular weight excluding hydrogens is 425 g/mol. The number of aromatic nitrogens is 3. The number of hydrogen-bond acceptors (Lipinski definition) is 7. The van der Waals surface area contributed by atoms with Gasteiger partial charge in [0.15, 0.2) is 10.2 Å². The van der Waals surface area contributed by atoms with E-state index >= 15 is 0 Å². The Kier molecular flexibility index (Phi) is 7.28. The van der Waals surface area contributed by atoms with Gasteiger partial charge in [0.1, 0.15) is 0 Å². The lowest BCUT2D eigenvalue weighted by Crippen LogP contribution is -2.15. The zero-order valence-corrected chi connectivity index (χ0v) is 17.1. The summed E-state index contributed by atoms with van der Waals surface area (Å²) in [6.45, 7) is 0.768. The highest BCUT2D eigenvalue weighted by atomic mass is 35.5. The van der Waals surface area contributed by atoms with Crippen LogP contribution in [0.25, 0.3) is 0 Å². The van der Waals surface area contributed by atoms with Crippen molar-refractivity contribution in [2.75, 3.05) is 22.9 Å². The van der Waals surface area contributed by atoms with E-state index in [9.17, 15) is 4.79 Å². The Labute approximate surface area is 174 Å². The van der Waals surface area contributed by atoms with Gasteiger partial charge in [0.05, 0.1) is 15.8 Å². The van der Waals surface area contributed by atoms with Gasteiger partial charge in [-0.25, -0.2) is 4.98 Å². The molecule has 0 aliphatic rings. The number of thioether (sulfide) groups is 1. The van der Waals surface area contributed by atoms with Crippen LogP contribution in [0.5, 0.6) is 0 Å². The molecule has 0 spiro atoms. The van der Waals surface area contributed by atoms with E-state index in [4.69, 9.17) is 23.2 Å². The lowest BCUT2D eigenvalue weighted by molar-refractivity contribution is -0.113. The number of anilines is 2. The number of halogens is 2. The lowest BCUT2D eigenvalue weighted by atomic mass is 10.2. The Bertz CT molecular complexity index is 907. The molecule has 2 aromatic heterocycles. The summed E-state index contributed by atoms with van der Waals surface area (Å²) < 4.78 is 0.711. The van der Waals surface area contributed by atoms with Crippen molar-refractivity contribution in [3.05, 3.63) is 58.2 Å². The smallest absolute Gasteiger partial charge is 0.236 e. The van der Waals surface area contributed by atoms with Gasteiger partial charge in [0.2, 0.25) is 11.0 Å². The molecule has 0 fully saturated rings. The van der Waals surface area contributed by atoms with E-state index in [0.29, 0.717) is 14.4 Å². The molecule has 0 atom stereocenters. The summed E-state index contributed by atoms with van der Waals surface area (Å²) in [6.07, 6.45) is 2.33. The number of nitrogens with zero attached hydrogens (tertiary/aromatic N) is 3. The van der Waals surface area contributed by atoms with Crippen LogP contribution in [0.1, 0.15) is 5.56 Å². The number of benzene rings is 1. The molecule has 3 aromatic rings. The van der Waals surface area contributed by atoms with Crippen molar-refractivity contribution >= 4 is 63.2 Å². The SMILES string of the molecule is O=C(CSc1nnc(NCCc2ccccc2)s1)Nc1ncc(Cl)cc1Cl. The predicted molar refractivity (Wildman–Crippen MR) is 112 cm³/mol. The maximum Gasteiger partial charge on any atom is 0.236 e. The molecule has 140 valence electrons. The number of amides is 1. The molecule has 3 rings (SSSR count). The molecule has 27 heavy (non-hydrogen) atoms. The summed E-state index contributed by atoms with van der Waals surface area (Å²) >= 11 is 14.5. The monoisotopic (exact) mass is 439 g/mol. The topological polar surface area (TPSA) is 79.8 Å². The fourth-order valence-electron chi connectivity index (χ4n) is 2.10. The van der Waals surface area contributed by atoms with Gasteiger partial charge in [-0.1, -0.05) is 76.6 Å². The first-order chi connectivity index (χ1) is 13.1. The van der Waals surface area contributed by atoms with Crippen LogP contribution in [0, 0.1) is 0 Å². The van der Waals surface area contributed by atoms with Gasteiger partial charge in [-0.15, -0.1) is 10.2 Å². The fourth-order valence-corrected chi connectivity index (χ4v) is 4.10. The van der Waals surface area contributed by atoms with E-state index in [-0.39, 0.29) is 17.5 Å². The molecule has 2 N–H and O–H groups in total. The third kappa shape index (κ3) is 6.35. The molecular formula is C17H15Cl2N5OS2. The van der Waals surface area contributed by atoms with Crippen LogP contribution in [0.3, 0.4) is 0 Å². The normalized spacial score (nSPS) is 10.6. The van der Waals surface area contributed by atoms with Crippen LogP contribution in [-0.2, 0) is 11.2 Å². The van der Waals surface area contributed by atoms with Crippen molar-refractivity contribution in [3.63, 3.8) is 0 Å². The highest BCUT2D eigenvalue weighted by molar-refractivity contribution is 8.01. The molecule has 0 bridgehead atoms. The van der Waals surface area contributed by atoms with E-state index in [1.807, 2.05) is 18.2 Å². The number of rotatable bonds is 8. The second kappa shape index (κ2) is 9.89. The second-order valence-corrected chi connectivity index (χ2v) is 8.40. The number of nitrogens with one attached hydrogen (secondary N) is 2. The Balaban J connectivity index is 1.43. The number of pyridine rings is 1. The van der Waals surface area contributed by atoms with Crippen LogP contribution < -0.4 is 10.6 Å². The highest BCUT2D eigenvalue weighted by Gasteiger charge is 2.11. The molecule has 0 radical (unpaired) electrons. The Morgan fingerprint density at radius 2 is 2.00 bits per heavy atom. The molecule has 1 amide bonds. The van der Waals surface area contributed by atoms with Gasteiger partial charge < -0.3 is 10.6 Å². The quantitative estimate of drug-likeness (QED) is 0.498. The third-order valence-electron chi connectivity index (χ3n) is 3.33. The molecule has 0 aliphatic carbocycles. The van der Waals surface area contributed by atoms with E-state index < -0.39 is 0 Å². The van der Waals surface area contributed by atoms with E-state index in [1.54, 1.807) is 0 Å². The minimum absolute atomic E-state index is 0.180. The molecule has 1 aromatic carbocycles. The molecule has 0 unspecified atom stereocenters. The fraction of sp³-hybridized carbons (Fsp3) is 0.176. The predicted octanol–water partition coefficient (Wildman–Crippen LogP) is 4.63. The zero-order valence-electron chi connectivity index (χ0n) is 14.0. The summed E-state index contributed by atoms with van der Waals surface area (Å²) in [5.74, 6) is 0.233. The average molecular weight is 440 g/mol. The van der Waals surface area contributed by atoms with E-state index in [1.165, 1.54) is 40.9 Å². The van der Waals surface area contributed by atoms with Crippen LogP contribution >= 0.6 is 46.3 Å². The molecule has 10 heteroatoms. The number of carbonyl (C=O) groups is 1. The molecule has 6 nitrogen and oxygen atoms in total. The average Bonchev–Trinajstić information content (AvgIpc) is 3.11. The van der Waals surface area contributed by atoms with Gasteiger partial charge in [-0.05, 0) is 18.1 Å².